The highest BCUT2D eigenvalue weighted by molar-refractivity contribution is 8.28. The molecule has 0 aromatic heterocycles. The Hall–Kier alpha value is 0.250. The van der Waals surface area contributed by atoms with E-state index in [2.05, 4.69) is 27.9 Å². The molecular formula is C20H46N4O4S2. The highest BCUT2D eigenvalue weighted by Crippen LogP contribution is 2.11. The molecule has 8 nitrogen and oxygen atoms in total. The van der Waals surface area contributed by atoms with Crippen molar-refractivity contribution in [3.8, 4) is 0 Å². The lowest BCUT2D eigenvalue weighted by atomic mass is 10.2. The Bertz CT molecular complexity index is 394. The first-order valence-electron chi connectivity index (χ1n) is 10.5. The van der Waals surface area contributed by atoms with Crippen molar-refractivity contribution in [3.63, 3.8) is 0 Å². The van der Waals surface area contributed by atoms with Gasteiger partial charge in [-0.05, 0) is 34.0 Å². The molecule has 0 radical (unpaired) electrons. The smallest absolute Gasteiger partial charge is 0.170 e. The number of methoxy groups -OCH3 is 1. The van der Waals surface area contributed by atoms with Gasteiger partial charge in [-0.1, -0.05) is 18.6 Å². The second-order valence-corrected chi connectivity index (χ2v) is 10.2. The fourth-order valence-electron chi connectivity index (χ4n) is 3.03. The van der Waals surface area contributed by atoms with E-state index in [1.165, 1.54) is 12.8 Å². The third-order valence-electron chi connectivity index (χ3n) is 4.74. The van der Waals surface area contributed by atoms with E-state index in [1.807, 2.05) is 14.1 Å². The van der Waals surface area contributed by atoms with E-state index < -0.39 is 0 Å². The Morgan fingerprint density at radius 3 is 2.40 bits per heavy atom. The molecule has 0 amide bonds. The van der Waals surface area contributed by atoms with Crippen LogP contribution in [0.1, 0.15) is 20.3 Å². The average molecular weight is 471 g/mol. The number of ether oxygens (including phenoxy) is 4. The van der Waals surface area contributed by atoms with E-state index in [0.717, 1.165) is 64.1 Å². The van der Waals surface area contributed by atoms with Crippen molar-refractivity contribution in [2.24, 2.45) is 0 Å². The molecule has 0 saturated carbocycles. The predicted octanol–water partition coefficient (Wildman–Crippen LogP) is 0.174. The lowest BCUT2D eigenvalue weighted by Crippen LogP contribution is -2.38. The summed E-state index contributed by atoms with van der Waals surface area (Å²) in [4.78, 5) is 2.35. The van der Waals surface area contributed by atoms with Gasteiger partial charge in [0, 0.05) is 51.4 Å². The molecule has 10 heteroatoms. The first-order valence-corrected chi connectivity index (χ1v) is 13.0. The quantitative estimate of drug-likeness (QED) is 0.437. The Labute approximate surface area is 191 Å². The molecule has 182 valence electrons. The van der Waals surface area contributed by atoms with Gasteiger partial charge in [-0.15, -0.1) is 9.45 Å². The fraction of sp³-hybridized carbons (Fsp3) is 1.00. The lowest BCUT2D eigenvalue weighted by molar-refractivity contribution is -0.0378. The normalized spacial score (nSPS) is 25.1. The number of nitrogens with zero attached hydrogens (tertiary/aromatic N) is 1. The molecule has 0 aliphatic carbocycles. The molecule has 3 N–H and O–H groups in total. The minimum absolute atomic E-state index is 0. The second-order valence-electron chi connectivity index (χ2n) is 7.18. The zero-order valence-corrected chi connectivity index (χ0v) is 20.2. The van der Waals surface area contributed by atoms with Crippen LogP contribution in [-0.2, 0) is 39.6 Å². The first kappa shape index (κ1) is 30.2. The van der Waals surface area contributed by atoms with E-state index in [4.69, 9.17) is 30.1 Å². The van der Waals surface area contributed by atoms with Gasteiger partial charge in [0.15, 0.2) is 6.29 Å². The molecule has 3 fully saturated rings. The molecule has 0 bridgehead atoms. The number of nitrogens with one attached hydrogen (secondary N) is 3. The number of likely N-dealkylation sites (N-methyl/N-ethyl adjacent to an activating group) is 2. The van der Waals surface area contributed by atoms with Crippen LogP contribution in [-0.4, -0.2) is 116 Å². The van der Waals surface area contributed by atoms with E-state index in [0.29, 0.717) is 12.3 Å². The maximum Gasteiger partial charge on any atom is 0.170 e. The zero-order chi connectivity index (χ0) is 21.3. The van der Waals surface area contributed by atoms with Gasteiger partial charge in [0.05, 0.1) is 32.1 Å². The van der Waals surface area contributed by atoms with E-state index in [9.17, 15) is 0 Å². The van der Waals surface area contributed by atoms with Crippen LogP contribution in [0.4, 0.5) is 0 Å². The van der Waals surface area contributed by atoms with E-state index in [1.54, 1.807) is 7.11 Å². The molecule has 30 heavy (non-hydrogen) atoms. The molecule has 3 atom stereocenters. The second kappa shape index (κ2) is 19.9. The van der Waals surface area contributed by atoms with Crippen molar-refractivity contribution >= 4 is 20.6 Å². The number of rotatable bonds is 9. The number of hydrogen-bond acceptors (Lipinski definition) is 9. The Kier molecular flexibility index (Phi) is 20.1. The maximum absolute atomic E-state index is 5.41. The van der Waals surface area contributed by atoms with Crippen LogP contribution in [0.15, 0.2) is 0 Å². The third-order valence-corrected chi connectivity index (χ3v) is 6.99. The molecule has 3 heterocycles. The van der Waals surface area contributed by atoms with Gasteiger partial charge in [0.25, 0.3) is 0 Å². The van der Waals surface area contributed by atoms with E-state index >= 15 is 0 Å². The summed E-state index contributed by atoms with van der Waals surface area (Å²) < 4.78 is 20.4. The summed E-state index contributed by atoms with van der Waals surface area (Å²) in [5.74, 6) is 2.24. The minimum atomic E-state index is -0.000000000000000222. The molecule has 3 rings (SSSR count). The van der Waals surface area contributed by atoms with Crippen LogP contribution in [0.25, 0.3) is 0 Å². The van der Waals surface area contributed by atoms with Crippen LogP contribution >= 0.6 is 0 Å². The lowest BCUT2D eigenvalue weighted by Gasteiger charge is -2.19. The van der Waals surface area contributed by atoms with Crippen LogP contribution in [0.5, 0.6) is 0 Å². The van der Waals surface area contributed by atoms with Crippen molar-refractivity contribution in [1.82, 2.24) is 20.9 Å². The summed E-state index contributed by atoms with van der Waals surface area (Å²) in [6.45, 7) is 7.28. The van der Waals surface area contributed by atoms with Crippen LogP contribution in [0.2, 0.25) is 0 Å². The van der Waals surface area contributed by atoms with Crippen molar-refractivity contribution in [1.29, 1.82) is 0 Å². The van der Waals surface area contributed by atoms with Crippen molar-refractivity contribution in [2.75, 3.05) is 92.4 Å². The standard InChI is InChI=1S/C8H19N3S2.C6H12O2.C5H11NO2.CH4/c1-9-4-6-13(12)7-8-10-3-5-11(8)2;1-7-5-6-3-2-4-8-6;1-6-4-5-7-2-3-8-5;/h8-10H,3-7H2,1-2H3;6H,2-5H2,1H3;5-6H,2-4H2,1H3;1H4. The van der Waals surface area contributed by atoms with Gasteiger partial charge in [0.1, 0.15) is 0 Å². The molecule has 0 aromatic rings. The summed E-state index contributed by atoms with van der Waals surface area (Å²) >= 11 is 5.41. The summed E-state index contributed by atoms with van der Waals surface area (Å²) in [6.07, 6.45) is 3.29. The third kappa shape index (κ3) is 14.3. The number of hydrogen-bond donors (Lipinski definition) is 3. The van der Waals surface area contributed by atoms with Crippen LogP contribution < -0.4 is 16.0 Å². The molecule has 3 saturated heterocycles. The summed E-state index contributed by atoms with van der Waals surface area (Å²) in [7, 11) is 7.87. The predicted molar refractivity (Wildman–Crippen MR) is 130 cm³/mol. The fourth-order valence-corrected chi connectivity index (χ4v) is 4.99. The average Bonchev–Trinajstić information content (AvgIpc) is 3.47. The summed E-state index contributed by atoms with van der Waals surface area (Å²) in [6, 6.07) is 0. The van der Waals surface area contributed by atoms with Gasteiger partial charge in [-0.2, -0.15) is 0 Å². The molecule has 3 aliphatic rings. The monoisotopic (exact) mass is 470 g/mol. The Morgan fingerprint density at radius 1 is 1.17 bits per heavy atom. The highest BCUT2D eigenvalue weighted by Gasteiger charge is 2.20. The summed E-state index contributed by atoms with van der Waals surface area (Å²) in [5, 5.41) is 9.56. The van der Waals surface area contributed by atoms with Crippen molar-refractivity contribution < 1.29 is 18.9 Å². The van der Waals surface area contributed by atoms with E-state index in [-0.39, 0.29) is 23.2 Å². The molecule has 3 aliphatic heterocycles. The van der Waals surface area contributed by atoms with Crippen molar-refractivity contribution in [2.45, 2.75) is 38.8 Å². The van der Waals surface area contributed by atoms with Crippen molar-refractivity contribution in [3.05, 3.63) is 0 Å². The maximum atomic E-state index is 5.41. The summed E-state index contributed by atoms with van der Waals surface area (Å²) in [5.41, 5.74) is 0. The molecule has 0 spiro atoms. The Balaban J connectivity index is 0.000000433. The van der Waals surface area contributed by atoms with Gasteiger partial charge in [0.2, 0.25) is 0 Å². The SMILES string of the molecule is C.CNCC1OCCO1.CNCCS(=S)CC1NCCN1C.COCC1CCCO1. The molecule has 3 unspecified atom stereocenters. The zero-order valence-electron chi connectivity index (χ0n) is 18.6. The van der Waals surface area contributed by atoms with Gasteiger partial charge < -0.3 is 29.6 Å². The van der Waals surface area contributed by atoms with Gasteiger partial charge in [-0.3, -0.25) is 10.2 Å². The molecule has 0 aromatic carbocycles. The minimum Gasteiger partial charge on any atom is -0.382 e. The van der Waals surface area contributed by atoms with Crippen LogP contribution in [0, 0.1) is 0 Å². The molecular weight excluding hydrogens is 424 g/mol. The van der Waals surface area contributed by atoms with Gasteiger partial charge >= 0.3 is 0 Å². The van der Waals surface area contributed by atoms with Crippen LogP contribution in [0.3, 0.4) is 0 Å². The topological polar surface area (TPSA) is 76.2 Å². The first-order chi connectivity index (χ1) is 14.1. The largest absolute Gasteiger partial charge is 0.382 e. The Morgan fingerprint density at radius 2 is 1.90 bits per heavy atom. The highest BCUT2D eigenvalue weighted by atomic mass is 32.8. The van der Waals surface area contributed by atoms with Gasteiger partial charge in [-0.25, -0.2) is 0 Å².